The third-order valence-corrected chi connectivity index (χ3v) is 5.52. The summed E-state index contributed by atoms with van der Waals surface area (Å²) < 4.78 is 5.64. The van der Waals surface area contributed by atoms with Crippen LogP contribution in [-0.2, 0) is 4.74 Å². The predicted molar refractivity (Wildman–Crippen MR) is 92.4 cm³/mol. The topological polar surface area (TPSA) is 91.3 Å². The van der Waals surface area contributed by atoms with Crippen molar-refractivity contribution >= 4 is 16.9 Å². The van der Waals surface area contributed by atoms with Gasteiger partial charge in [-0.25, -0.2) is 4.98 Å². The molecule has 7 nitrogen and oxygen atoms in total. The quantitative estimate of drug-likeness (QED) is 0.863. The van der Waals surface area contributed by atoms with E-state index in [0.29, 0.717) is 31.0 Å². The Morgan fingerprint density at radius 3 is 3.00 bits per heavy atom. The van der Waals surface area contributed by atoms with E-state index in [4.69, 9.17) is 4.74 Å². The van der Waals surface area contributed by atoms with Crippen LogP contribution in [0.3, 0.4) is 0 Å². The summed E-state index contributed by atoms with van der Waals surface area (Å²) in [5.41, 5.74) is 2.82. The first-order valence-corrected chi connectivity index (χ1v) is 8.95. The number of fused-ring (bicyclic) bond motifs is 1. The second-order valence-electron chi connectivity index (χ2n) is 7.16. The molecule has 2 N–H and O–H groups in total. The average Bonchev–Trinajstić information content (AvgIpc) is 3.19. The number of hydrogen-bond donors (Lipinski definition) is 2. The van der Waals surface area contributed by atoms with Crippen LogP contribution < -0.4 is 0 Å². The highest BCUT2D eigenvalue weighted by Crippen LogP contribution is 2.33. The van der Waals surface area contributed by atoms with Crippen molar-refractivity contribution in [3.63, 3.8) is 0 Å². The van der Waals surface area contributed by atoms with Gasteiger partial charge in [0.15, 0.2) is 5.65 Å². The highest BCUT2D eigenvalue weighted by molar-refractivity contribution is 6.06. The fourth-order valence-electron chi connectivity index (χ4n) is 4.27. The Morgan fingerprint density at radius 2 is 2.24 bits per heavy atom. The van der Waals surface area contributed by atoms with E-state index in [1.807, 2.05) is 24.8 Å². The maximum absolute atomic E-state index is 13.4. The van der Waals surface area contributed by atoms with Crippen LogP contribution in [0, 0.1) is 19.8 Å². The molecule has 134 valence electrons. The van der Waals surface area contributed by atoms with Crippen molar-refractivity contribution in [1.82, 2.24) is 20.1 Å². The van der Waals surface area contributed by atoms with Crippen molar-refractivity contribution in [3.05, 3.63) is 23.0 Å². The molecule has 0 radical (unpaired) electrons. The van der Waals surface area contributed by atoms with Gasteiger partial charge < -0.3 is 14.7 Å². The fourth-order valence-corrected chi connectivity index (χ4v) is 4.27. The van der Waals surface area contributed by atoms with Crippen LogP contribution in [0.5, 0.6) is 0 Å². The van der Waals surface area contributed by atoms with E-state index in [1.165, 1.54) is 0 Å². The molecular weight excluding hydrogens is 320 g/mol. The van der Waals surface area contributed by atoms with E-state index < -0.39 is 0 Å². The molecule has 0 unspecified atom stereocenters. The van der Waals surface area contributed by atoms with Gasteiger partial charge in [-0.2, -0.15) is 5.10 Å². The predicted octanol–water partition coefficient (Wildman–Crippen LogP) is 1.58. The van der Waals surface area contributed by atoms with Crippen molar-refractivity contribution in [2.24, 2.45) is 5.92 Å². The summed E-state index contributed by atoms with van der Waals surface area (Å²) in [6.07, 6.45) is 2.40. The summed E-state index contributed by atoms with van der Waals surface area (Å²) in [6, 6.07) is 1.76. The Morgan fingerprint density at radius 1 is 1.40 bits per heavy atom. The van der Waals surface area contributed by atoms with Gasteiger partial charge in [-0.05, 0) is 32.8 Å². The van der Waals surface area contributed by atoms with Gasteiger partial charge in [-0.3, -0.25) is 9.89 Å². The molecule has 25 heavy (non-hydrogen) atoms. The molecule has 4 rings (SSSR count). The van der Waals surface area contributed by atoms with E-state index in [-0.39, 0.29) is 24.0 Å². The number of amides is 1. The second-order valence-corrected chi connectivity index (χ2v) is 7.16. The number of nitrogens with one attached hydrogen (secondary N) is 1. The molecule has 3 heterocycles. The van der Waals surface area contributed by atoms with Crippen LogP contribution >= 0.6 is 0 Å². The van der Waals surface area contributed by atoms with Gasteiger partial charge in [-0.1, -0.05) is 6.42 Å². The molecule has 2 fully saturated rings. The summed E-state index contributed by atoms with van der Waals surface area (Å²) in [5.74, 6) is 0.0699. The highest BCUT2D eigenvalue weighted by Gasteiger charge is 2.40. The molecule has 1 aliphatic carbocycles. The van der Waals surface area contributed by atoms with Gasteiger partial charge in [0.1, 0.15) is 0 Å². The number of carbonyl (C=O) groups excluding carboxylic acids is 1. The molecule has 7 heteroatoms. The maximum Gasteiger partial charge on any atom is 0.255 e. The van der Waals surface area contributed by atoms with Crippen molar-refractivity contribution in [2.45, 2.75) is 45.3 Å². The average molecular weight is 344 g/mol. The van der Waals surface area contributed by atoms with Crippen LogP contribution in [0.25, 0.3) is 11.0 Å². The Hall–Kier alpha value is -1.99. The summed E-state index contributed by atoms with van der Waals surface area (Å²) in [4.78, 5) is 19.7. The number of aliphatic hydroxyl groups is 1. The first-order chi connectivity index (χ1) is 12.1. The van der Waals surface area contributed by atoms with E-state index in [2.05, 4.69) is 15.2 Å². The minimum absolute atomic E-state index is 0.0209. The van der Waals surface area contributed by atoms with Crippen molar-refractivity contribution in [3.8, 4) is 0 Å². The number of ether oxygens (including phenoxy) is 1. The molecule has 2 aromatic heterocycles. The molecule has 0 aromatic carbocycles. The molecule has 0 bridgehead atoms. The monoisotopic (exact) mass is 344 g/mol. The fraction of sp³-hybridized carbons (Fsp3) is 0.611. The minimum Gasteiger partial charge on any atom is -0.393 e. The summed E-state index contributed by atoms with van der Waals surface area (Å²) >= 11 is 0. The molecular formula is C18H24N4O3. The van der Waals surface area contributed by atoms with Gasteiger partial charge in [0.2, 0.25) is 0 Å². The first kappa shape index (κ1) is 16.5. The van der Waals surface area contributed by atoms with Crippen molar-refractivity contribution < 1.29 is 14.6 Å². The zero-order valence-electron chi connectivity index (χ0n) is 14.7. The lowest BCUT2D eigenvalue weighted by atomic mass is 9.93. The molecule has 1 amide bonds. The third kappa shape index (κ3) is 2.81. The summed E-state index contributed by atoms with van der Waals surface area (Å²) in [6.45, 7) is 5.35. The number of pyridine rings is 1. The van der Waals surface area contributed by atoms with Gasteiger partial charge in [0, 0.05) is 23.9 Å². The number of aliphatic hydroxyl groups excluding tert-OH is 1. The van der Waals surface area contributed by atoms with Crippen LogP contribution in [0.15, 0.2) is 6.07 Å². The largest absolute Gasteiger partial charge is 0.393 e. The second kappa shape index (κ2) is 6.38. The standard InChI is InChI=1S/C18H24N4O3/c1-10-8-13(16-11(2)20-21-17(16)19-10)18(24)22-6-7-25-9-14(22)12-4-3-5-15(12)23/h8,12,14-15,23H,3-7,9H2,1-2H3,(H,19,20,21)/t12-,14+,15-/m0/s1. The normalized spacial score (nSPS) is 27.2. The zero-order chi connectivity index (χ0) is 17.6. The Bertz CT molecular complexity index is 803. The van der Waals surface area contributed by atoms with E-state index in [0.717, 1.165) is 36.0 Å². The van der Waals surface area contributed by atoms with Crippen molar-refractivity contribution in [2.75, 3.05) is 19.8 Å². The van der Waals surface area contributed by atoms with Crippen LogP contribution in [0.2, 0.25) is 0 Å². The molecule has 1 saturated heterocycles. The Balaban J connectivity index is 1.72. The number of aryl methyl sites for hydroxylation is 2. The Labute approximate surface area is 146 Å². The summed E-state index contributed by atoms with van der Waals surface area (Å²) in [5, 5.41) is 18.2. The number of aromatic nitrogens is 3. The number of morpholine rings is 1. The van der Waals surface area contributed by atoms with Gasteiger partial charge >= 0.3 is 0 Å². The van der Waals surface area contributed by atoms with Gasteiger partial charge in [0.25, 0.3) is 5.91 Å². The summed E-state index contributed by atoms with van der Waals surface area (Å²) in [7, 11) is 0. The molecule has 3 atom stereocenters. The number of aromatic amines is 1. The third-order valence-electron chi connectivity index (χ3n) is 5.52. The zero-order valence-corrected chi connectivity index (χ0v) is 14.7. The molecule has 2 aliphatic rings. The first-order valence-electron chi connectivity index (χ1n) is 8.95. The van der Waals surface area contributed by atoms with E-state index in [9.17, 15) is 9.90 Å². The van der Waals surface area contributed by atoms with E-state index in [1.54, 1.807) is 0 Å². The lowest BCUT2D eigenvalue weighted by Gasteiger charge is -2.40. The van der Waals surface area contributed by atoms with Crippen molar-refractivity contribution in [1.29, 1.82) is 0 Å². The SMILES string of the molecule is Cc1cc(C(=O)N2CCOC[C@@H]2[C@@H]2CCC[C@@H]2O)c2c(C)[nH]nc2n1. The minimum atomic E-state index is -0.350. The lowest BCUT2D eigenvalue weighted by Crippen LogP contribution is -2.53. The number of hydrogen-bond acceptors (Lipinski definition) is 5. The van der Waals surface area contributed by atoms with Crippen LogP contribution in [0.4, 0.5) is 0 Å². The van der Waals surface area contributed by atoms with E-state index >= 15 is 0 Å². The Kier molecular flexibility index (Phi) is 4.21. The number of H-pyrrole nitrogens is 1. The molecule has 1 saturated carbocycles. The number of nitrogens with zero attached hydrogens (tertiary/aromatic N) is 3. The highest BCUT2D eigenvalue weighted by atomic mass is 16.5. The number of carbonyl (C=O) groups is 1. The number of rotatable bonds is 2. The maximum atomic E-state index is 13.4. The van der Waals surface area contributed by atoms with Crippen LogP contribution in [-0.4, -0.2) is 63.0 Å². The van der Waals surface area contributed by atoms with Gasteiger partial charge in [-0.15, -0.1) is 0 Å². The molecule has 1 aliphatic heterocycles. The molecule has 0 spiro atoms. The molecule has 2 aromatic rings. The lowest BCUT2D eigenvalue weighted by molar-refractivity contribution is -0.0382. The van der Waals surface area contributed by atoms with Crippen LogP contribution in [0.1, 0.15) is 41.0 Å². The van der Waals surface area contributed by atoms with Gasteiger partial charge in [0.05, 0.1) is 36.3 Å². The smallest absolute Gasteiger partial charge is 0.255 e.